The van der Waals surface area contributed by atoms with E-state index in [9.17, 15) is 9.59 Å². The van der Waals surface area contributed by atoms with Crippen molar-refractivity contribution in [1.29, 1.82) is 0 Å². The van der Waals surface area contributed by atoms with E-state index in [-0.39, 0.29) is 5.91 Å². The Morgan fingerprint density at radius 2 is 1.42 bits per heavy atom. The van der Waals surface area contributed by atoms with Crippen molar-refractivity contribution in [3.63, 3.8) is 0 Å². The first-order chi connectivity index (χ1) is 21.0. The molecular weight excluding hydrogens is 538 g/mol. The van der Waals surface area contributed by atoms with Crippen molar-refractivity contribution >= 4 is 39.4 Å². The molecule has 3 aromatic carbocycles. The highest BCUT2D eigenvalue weighted by Crippen LogP contribution is 2.45. The van der Waals surface area contributed by atoms with E-state index in [1.165, 1.54) is 37.1 Å². The fraction of sp³-hybridized carbons (Fsp3) is 0.176. The van der Waals surface area contributed by atoms with Crippen molar-refractivity contribution in [3.8, 4) is 5.69 Å². The van der Waals surface area contributed by atoms with Crippen molar-refractivity contribution in [3.05, 3.63) is 120 Å². The number of rotatable bonds is 6. The Hall–Kier alpha value is -5.44. The second-order valence-electron chi connectivity index (χ2n) is 11.0. The Morgan fingerprint density at radius 1 is 0.721 bits per heavy atom. The minimum Gasteiger partial charge on any atom is -0.366 e. The molecule has 2 aliphatic rings. The van der Waals surface area contributed by atoms with Crippen molar-refractivity contribution in [2.45, 2.75) is 37.5 Å². The largest absolute Gasteiger partial charge is 0.366 e. The highest BCUT2D eigenvalue weighted by Gasteiger charge is 2.32. The number of amides is 2. The molecule has 9 nitrogen and oxygen atoms in total. The molecule has 0 atom stereocenters. The van der Waals surface area contributed by atoms with Gasteiger partial charge in [-0.3, -0.25) is 24.5 Å². The van der Waals surface area contributed by atoms with Gasteiger partial charge in [0.1, 0.15) is 0 Å². The first-order valence-electron chi connectivity index (χ1n) is 14.4. The molecule has 8 rings (SSSR count). The van der Waals surface area contributed by atoms with Crippen molar-refractivity contribution in [2.24, 2.45) is 5.73 Å². The van der Waals surface area contributed by atoms with Crippen LogP contribution in [0.4, 0.5) is 5.69 Å². The summed E-state index contributed by atoms with van der Waals surface area (Å²) in [5.74, 6) is 0.712. The van der Waals surface area contributed by atoms with Gasteiger partial charge in [-0.05, 0) is 98.5 Å². The van der Waals surface area contributed by atoms with E-state index in [1.807, 2.05) is 42.5 Å². The van der Waals surface area contributed by atoms with E-state index in [1.54, 1.807) is 48.9 Å². The van der Waals surface area contributed by atoms with Gasteiger partial charge in [-0.1, -0.05) is 6.07 Å². The highest BCUT2D eigenvalue weighted by atomic mass is 16.2. The molecule has 2 saturated carbocycles. The molecule has 212 valence electrons. The summed E-state index contributed by atoms with van der Waals surface area (Å²) in [7, 11) is 0. The van der Waals surface area contributed by atoms with Gasteiger partial charge in [0.25, 0.3) is 5.91 Å². The van der Waals surface area contributed by atoms with E-state index in [0.29, 0.717) is 28.5 Å². The number of carbonyl (C=O) groups excluding carboxylic acids is 2. The zero-order chi connectivity index (χ0) is 29.3. The smallest absolute Gasteiger partial charge is 0.255 e. The van der Waals surface area contributed by atoms with Crippen LogP contribution in [0.2, 0.25) is 0 Å². The summed E-state index contributed by atoms with van der Waals surface area (Å²) in [6.45, 7) is 0. The molecule has 3 N–H and O–H groups in total. The summed E-state index contributed by atoms with van der Waals surface area (Å²) in [4.78, 5) is 36.2. The standard InChI is InChI=1S/C24H21N5O.C10H8N2O/c30-24(17-5-10-20-22(13-17)26-12-11-25-20)27-18-6-8-19(9-7-18)29-23(16-3-4-16)14-21(28-29)15-1-2-15;11-10(13)8-3-4-9-7(6-8)2-1-5-12-9/h5-16H,1-4H2,(H,27,30);1-6H,(H2,11,13). The summed E-state index contributed by atoms with van der Waals surface area (Å²) in [6.07, 6.45) is 10.00. The number of fused-ring (bicyclic) bond motifs is 2. The van der Waals surface area contributed by atoms with Crippen LogP contribution in [0.1, 0.15) is 69.6 Å². The molecule has 3 heterocycles. The summed E-state index contributed by atoms with van der Waals surface area (Å²) < 4.78 is 2.10. The quantitative estimate of drug-likeness (QED) is 0.248. The van der Waals surface area contributed by atoms with Crippen LogP contribution in [0, 0.1) is 0 Å². The number of benzene rings is 3. The minimum absolute atomic E-state index is 0.163. The number of aromatic nitrogens is 5. The van der Waals surface area contributed by atoms with E-state index < -0.39 is 5.91 Å². The Kier molecular flexibility index (Phi) is 6.82. The minimum atomic E-state index is -0.411. The van der Waals surface area contributed by atoms with Crippen LogP contribution >= 0.6 is 0 Å². The maximum absolute atomic E-state index is 12.7. The van der Waals surface area contributed by atoms with Crippen LogP contribution < -0.4 is 11.1 Å². The number of nitrogens with two attached hydrogens (primary N) is 1. The van der Waals surface area contributed by atoms with Crippen molar-refractivity contribution in [2.75, 3.05) is 5.32 Å². The predicted octanol–water partition coefficient (Wildman–Crippen LogP) is 6.16. The number of nitrogens with zero attached hydrogens (tertiary/aromatic N) is 5. The molecule has 2 aliphatic carbocycles. The Bertz CT molecular complexity index is 1980. The van der Waals surface area contributed by atoms with Gasteiger partial charge in [0.2, 0.25) is 5.91 Å². The Morgan fingerprint density at radius 3 is 2.16 bits per heavy atom. The molecule has 6 aromatic rings. The van der Waals surface area contributed by atoms with Gasteiger partial charge in [0.05, 0.1) is 27.9 Å². The lowest BCUT2D eigenvalue weighted by atomic mass is 10.1. The molecule has 2 amide bonds. The van der Waals surface area contributed by atoms with E-state index >= 15 is 0 Å². The lowest BCUT2D eigenvalue weighted by Crippen LogP contribution is -2.12. The topological polar surface area (TPSA) is 129 Å². The SMILES string of the molecule is NC(=O)c1ccc2ncccc2c1.O=C(Nc1ccc(-n2nc(C3CC3)cc2C2CC2)cc1)c1ccc2nccnc2c1. The maximum Gasteiger partial charge on any atom is 0.255 e. The average molecular weight is 568 g/mol. The van der Waals surface area contributed by atoms with E-state index in [2.05, 4.69) is 31.0 Å². The molecule has 3 aromatic heterocycles. The fourth-order valence-electron chi connectivity index (χ4n) is 5.09. The number of primary amides is 1. The first kappa shape index (κ1) is 26.5. The summed E-state index contributed by atoms with van der Waals surface area (Å²) in [6, 6.07) is 24.5. The molecule has 2 fully saturated rings. The summed E-state index contributed by atoms with van der Waals surface area (Å²) in [5.41, 5.74) is 12.9. The van der Waals surface area contributed by atoms with Gasteiger partial charge in [-0.25, -0.2) is 4.68 Å². The third-order valence-electron chi connectivity index (χ3n) is 7.74. The number of pyridine rings is 1. The molecule has 0 radical (unpaired) electrons. The molecule has 0 spiro atoms. The molecular formula is C34H29N7O2. The maximum atomic E-state index is 12.7. The second-order valence-corrected chi connectivity index (χ2v) is 11.0. The lowest BCUT2D eigenvalue weighted by molar-refractivity contribution is 0.0997. The molecule has 0 aliphatic heterocycles. The molecule has 0 saturated heterocycles. The predicted molar refractivity (Wildman–Crippen MR) is 165 cm³/mol. The van der Waals surface area contributed by atoms with Crippen LogP contribution in [-0.2, 0) is 0 Å². The third kappa shape index (κ3) is 5.83. The highest BCUT2D eigenvalue weighted by molar-refractivity contribution is 6.05. The van der Waals surface area contributed by atoms with E-state index in [0.717, 1.165) is 27.8 Å². The Balaban J connectivity index is 0.000000193. The van der Waals surface area contributed by atoms with Crippen LogP contribution in [-0.4, -0.2) is 36.5 Å². The third-order valence-corrected chi connectivity index (χ3v) is 7.74. The molecule has 9 heteroatoms. The average Bonchev–Trinajstić information content (AvgIpc) is 4.00. The summed E-state index contributed by atoms with van der Waals surface area (Å²) in [5, 5.41) is 8.78. The van der Waals surface area contributed by atoms with Gasteiger partial charge in [-0.15, -0.1) is 0 Å². The molecule has 43 heavy (non-hydrogen) atoms. The number of anilines is 1. The zero-order valence-electron chi connectivity index (χ0n) is 23.4. The number of hydrogen-bond donors (Lipinski definition) is 2. The van der Waals surface area contributed by atoms with Gasteiger partial charge >= 0.3 is 0 Å². The number of hydrogen-bond acceptors (Lipinski definition) is 6. The zero-order valence-corrected chi connectivity index (χ0v) is 23.4. The number of nitrogens with one attached hydrogen (secondary N) is 1. The van der Waals surface area contributed by atoms with Crippen LogP contribution in [0.25, 0.3) is 27.6 Å². The summed E-state index contributed by atoms with van der Waals surface area (Å²) >= 11 is 0. The fourth-order valence-corrected chi connectivity index (χ4v) is 5.09. The molecule has 0 bridgehead atoms. The second kappa shape index (κ2) is 11.1. The number of carbonyl (C=O) groups is 2. The lowest BCUT2D eigenvalue weighted by Gasteiger charge is -2.09. The Labute approximate surface area is 247 Å². The van der Waals surface area contributed by atoms with Crippen LogP contribution in [0.3, 0.4) is 0 Å². The van der Waals surface area contributed by atoms with Crippen LogP contribution in [0.15, 0.2) is 97.5 Å². The van der Waals surface area contributed by atoms with E-state index in [4.69, 9.17) is 10.8 Å². The van der Waals surface area contributed by atoms with Gasteiger partial charge in [0.15, 0.2) is 0 Å². The van der Waals surface area contributed by atoms with Crippen LogP contribution in [0.5, 0.6) is 0 Å². The van der Waals surface area contributed by atoms with Gasteiger partial charge < -0.3 is 11.1 Å². The normalized spacial score (nSPS) is 14.2. The van der Waals surface area contributed by atoms with Gasteiger partial charge in [0, 0.05) is 58.3 Å². The molecule has 0 unspecified atom stereocenters. The van der Waals surface area contributed by atoms with Crippen molar-refractivity contribution in [1.82, 2.24) is 24.7 Å². The van der Waals surface area contributed by atoms with Gasteiger partial charge in [-0.2, -0.15) is 5.10 Å². The first-order valence-corrected chi connectivity index (χ1v) is 14.4. The monoisotopic (exact) mass is 567 g/mol. The van der Waals surface area contributed by atoms with Crippen molar-refractivity contribution < 1.29 is 9.59 Å².